The summed E-state index contributed by atoms with van der Waals surface area (Å²) in [6.07, 6.45) is 3.72. The predicted molar refractivity (Wildman–Crippen MR) is 115 cm³/mol. The molecule has 1 aliphatic heterocycles. The fraction of sp³-hybridized carbons (Fsp3) is 0.308. The van der Waals surface area contributed by atoms with Crippen LogP contribution in [0.2, 0.25) is 0 Å². The van der Waals surface area contributed by atoms with E-state index < -0.39 is 0 Å². The Labute approximate surface area is 168 Å². The molecule has 0 spiro atoms. The Bertz CT molecular complexity index is 779. The first kappa shape index (κ1) is 18.9. The van der Waals surface area contributed by atoms with Crippen molar-refractivity contribution in [1.29, 1.82) is 0 Å². The molecule has 0 aromatic heterocycles. The molecule has 0 radical (unpaired) electrons. The molecule has 0 saturated carbocycles. The Kier molecular flexibility index (Phi) is 6.54. The summed E-state index contributed by atoms with van der Waals surface area (Å²) < 4.78 is 6.70. The molecule has 2 heteroatoms. The first-order valence-corrected chi connectivity index (χ1v) is 10.4. The quantitative estimate of drug-likeness (QED) is 0.544. The molecule has 1 fully saturated rings. The minimum atomic E-state index is 0.00136. The molecule has 1 unspecified atom stereocenters. The van der Waals surface area contributed by atoms with Gasteiger partial charge in [0.05, 0.1) is 6.10 Å². The number of rotatable bonds is 7. The molecule has 28 heavy (non-hydrogen) atoms. The zero-order valence-electron chi connectivity index (χ0n) is 16.4. The van der Waals surface area contributed by atoms with Gasteiger partial charge in [0, 0.05) is 13.1 Å². The van der Waals surface area contributed by atoms with Crippen LogP contribution < -0.4 is 0 Å². The number of likely N-dealkylation sites (tertiary alicyclic amines) is 1. The zero-order chi connectivity index (χ0) is 19.0. The molecule has 0 amide bonds. The molecule has 1 aliphatic rings. The van der Waals surface area contributed by atoms with Crippen LogP contribution >= 0.6 is 0 Å². The standard InChI is InChI=1S/C26H29NO/c1-4-11-22(12-5-1)18-20-27-19-10-17-25(21-27)28-26(23-13-6-2-7-14-23)24-15-8-3-9-16-24/h1-9,11-16,25-26H,10,17-21H2. The van der Waals surface area contributed by atoms with Crippen molar-refractivity contribution >= 4 is 0 Å². The fourth-order valence-corrected chi connectivity index (χ4v) is 4.06. The molecule has 0 aliphatic carbocycles. The Morgan fingerprint density at radius 3 is 1.96 bits per heavy atom. The van der Waals surface area contributed by atoms with Gasteiger partial charge in [0.25, 0.3) is 0 Å². The van der Waals surface area contributed by atoms with Crippen LogP contribution in [0.3, 0.4) is 0 Å². The largest absolute Gasteiger partial charge is 0.364 e. The smallest absolute Gasteiger partial charge is 0.108 e. The molecule has 4 rings (SSSR count). The van der Waals surface area contributed by atoms with Gasteiger partial charge in [-0.3, -0.25) is 0 Å². The average molecular weight is 372 g/mol. The second-order valence-corrected chi connectivity index (χ2v) is 7.64. The summed E-state index contributed by atoms with van der Waals surface area (Å²) in [7, 11) is 0. The lowest BCUT2D eigenvalue weighted by atomic mass is 10.00. The van der Waals surface area contributed by atoms with E-state index in [9.17, 15) is 0 Å². The van der Waals surface area contributed by atoms with Crippen LogP contribution in [0.25, 0.3) is 0 Å². The van der Waals surface area contributed by atoms with E-state index in [0.29, 0.717) is 0 Å². The number of hydrogen-bond acceptors (Lipinski definition) is 2. The topological polar surface area (TPSA) is 12.5 Å². The van der Waals surface area contributed by atoms with E-state index in [1.807, 2.05) is 0 Å². The zero-order valence-corrected chi connectivity index (χ0v) is 16.4. The van der Waals surface area contributed by atoms with Crippen molar-refractivity contribution in [1.82, 2.24) is 4.90 Å². The van der Waals surface area contributed by atoms with E-state index in [0.717, 1.165) is 25.9 Å². The highest BCUT2D eigenvalue weighted by molar-refractivity contribution is 5.30. The highest BCUT2D eigenvalue weighted by Crippen LogP contribution is 2.29. The lowest BCUT2D eigenvalue weighted by Crippen LogP contribution is -2.41. The van der Waals surface area contributed by atoms with E-state index in [1.165, 1.54) is 29.7 Å². The van der Waals surface area contributed by atoms with Crippen molar-refractivity contribution < 1.29 is 4.74 Å². The monoisotopic (exact) mass is 371 g/mol. The molecule has 0 bridgehead atoms. The second-order valence-electron chi connectivity index (χ2n) is 7.64. The van der Waals surface area contributed by atoms with Gasteiger partial charge in [0.1, 0.15) is 6.10 Å². The van der Waals surface area contributed by atoms with Crippen LogP contribution in [-0.4, -0.2) is 30.6 Å². The van der Waals surface area contributed by atoms with E-state index in [2.05, 4.69) is 95.9 Å². The van der Waals surface area contributed by atoms with Crippen molar-refractivity contribution in [3.63, 3.8) is 0 Å². The van der Waals surface area contributed by atoms with Crippen LogP contribution in [0.1, 0.15) is 35.6 Å². The highest BCUT2D eigenvalue weighted by atomic mass is 16.5. The molecule has 3 aromatic carbocycles. The SMILES string of the molecule is c1ccc(CCN2CCCC(OC(c3ccccc3)c3ccccc3)C2)cc1. The first-order valence-electron chi connectivity index (χ1n) is 10.4. The Balaban J connectivity index is 1.42. The Hall–Kier alpha value is -2.42. The maximum absolute atomic E-state index is 6.70. The van der Waals surface area contributed by atoms with Crippen molar-refractivity contribution in [2.24, 2.45) is 0 Å². The molecule has 1 saturated heterocycles. The lowest BCUT2D eigenvalue weighted by Gasteiger charge is -2.35. The summed E-state index contributed by atoms with van der Waals surface area (Å²) >= 11 is 0. The number of hydrogen-bond donors (Lipinski definition) is 0. The summed E-state index contributed by atoms with van der Waals surface area (Å²) in [5.41, 5.74) is 3.88. The third-order valence-electron chi connectivity index (χ3n) is 5.55. The van der Waals surface area contributed by atoms with Gasteiger partial charge in [-0.15, -0.1) is 0 Å². The van der Waals surface area contributed by atoms with Gasteiger partial charge in [-0.2, -0.15) is 0 Å². The summed E-state index contributed by atoms with van der Waals surface area (Å²) in [5, 5.41) is 0. The van der Waals surface area contributed by atoms with Gasteiger partial charge in [-0.1, -0.05) is 91.0 Å². The van der Waals surface area contributed by atoms with E-state index in [4.69, 9.17) is 4.74 Å². The van der Waals surface area contributed by atoms with Crippen molar-refractivity contribution in [2.45, 2.75) is 31.5 Å². The maximum atomic E-state index is 6.70. The molecule has 0 N–H and O–H groups in total. The third-order valence-corrected chi connectivity index (χ3v) is 5.55. The first-order chi connectivity index (χ1) is 13.9. The fourth-order valence-electron chi connectivity index (χ4n) is 4.06. The molecule has 2 nitrogen and oxygen atoms in total. The Morgan fingerprint density at radius 2 is 1.36 bits per heavy atom. The van der Waals surface area contributed by atoms with Gasteiger partial charge in [-0.25, -0.2) is 0 Å². The number of nitrogens with zero attached hydrogens (tertiary/aromatic N) is 1. The lowest BCUT2D eigenvalue weighted by molar-refractivity contribution is -0.0330. The van der Waals surface area contributed by atoms with Crippen LogP contribution in [0.5, 0.6) is 0 Å². The van der Waals surface area contributed by atoms with Crippen LogP contribution in [0, 0.1) is 0 Å². The summed E-state index contributed by atoms with van der Waals surface area (Å²) in [4.78, 5) is 2.56. The predicted octanol–water partition coefficient (Wildman–Crippen LogP) is 5.50. The number of benzene rings is 3. The van der Waals surface area contributed by atoms with Crippen molar-refractivity contribution in [3.8, 4) is 0 Å². The molecule has 144 valence electrons. The average Bonchev–Trinajstić information content (AvgIpc) is 2.78. The van der Waals surface area contributed by atoms with Gasteiger partial charge in [-0.05, 0) is 42.5 Å². The Morgan fingerprint density at radius 1 is 0.786 bits per heavy atom. The summed E-state index contributed by atoms with van der Waals surface area (Å²) in [5.74, 6) is 0. The second kappa shape index (κ2) is 9.68. The van der Waals surface area contributed by atoms with Crippen LogP contribution in [-0.2, 0) is 11.2 Å². The van der Waals surface area contributed by atoms with E-state index in [1.54, 1.807) is 0 Å². The molecule has 3 aromatic rings. The maximum Gasteiger partial charge on any atom is 0.108 e. The molecular weight excluding hydrogens is 342 g/mol. The van der Waals surface area contributed by atoms with Gasteiger partial charge in [0.15, 0.2) is 0 Å². The normalized spacial score (nSPS) is 17.7. The minimum Gasteiger partial charge on any atom is -0.364 e. The van der Waals surface area contributed by atoms with Crippen LogP contribution in [0.15, 0.2) is 91.0 Å². The van der Waals surface area contributed by atoms with Crippen LogP contribution in [0.4, 0.5) is 0 Å². The number of ether oxygens (including phenoxy) is 1. The van der Waals surface area contributed by atoms with Gasteiger partial charge in [0.2, 0.25) is 0 Å². The summed E-state index contributed by atoms with van der Waals surface area (Å²) in [6.45, 7) is 3.29. The minimum absolute atomic E-state index is 0.00136. The third kappa shape index (κ3) is 5.09. The molecular formula is C26H29NO. The molecule has 1 atom stereocenters. The molecule has 1 heterocycles. The van der Waals surface area contributed by atoms with Crippen molar-refractivity contribution in [3.05, 3.63) is 108 Å². The van der Waals surface area contributed by atoms with Crippen molar-refractivity contribution in [2.75, 3.05) is 19.6 Å². The van der Waals surface area contributed by atoms with Gasteiger partial charge >= 0.3 is 0 Å². The van der Waals surface area contributed by atoms with E-state index in [-0.39, 0.29) is 12.2 Å². The summed E-state index contributed by atoms with van der Waals surface area (Å²) in [6, 6.07) is 32.0. The van der Waals surface area contributed by atoms with Gasteiger partial charge < -0.3 is 9.64 Å². The highest BCUT2D eigenvalue weighted by Gasteiger charge is 2.25. The van der Waals surface area contributed by atoms with E-state index >= 15 is 0 Å². The number of piperidine rings is 1.